The molecule has 1 amide bonds. The van der Waals surface area contributed by atoms with Crippen molar-refractivity contribution in [2.24, 2.45) is 0 Å². The lowest BCUT2D eigenvalue weighted by atomic mass is 10.0. The average Bonchev–Trinajstić information content (AvgIpc) is 3.17. The largest absolute Gasteiger partial charge is 0.436 e. The Hall–Kier alpha value is -3.63. The first kappa shape index (κ1) is 17.5. The molecular weight excluding hydrogens is 384 g/mol. The summed E-state index contributed by atoms with van der Waals surface area (Å²) in [7, 11) is 0. The molecule has 5 aromatic rings. The van der Waals surface area contributed by atoms with Crippen LogP contribution in [0, 0.1) is 0 Å². The third kappa shape index (κ3) is 3.24. The molecule has 0 saturated carbocycles. The molecule has 0 bridgehead atoms. The van der Waals surface area contributed by atoms with Gasteiger partial charge in [0.2, 0.25) is 5.89 Å². The maximum absolute atomic E-state index is 12.4. The van der Waals surface area contributed by atoms with Crippen molar-refractivity contribution in [2.45, 2.75) is 0 Å². The fraction of sp³-hybridized carbons (Fsp3) is 0. The van der Waals surface area contributed by atoms with Gasteiger partial charge in [-0.1, -0.05) is 54.1 Å². The zero-order valence-corrected chi connectivity index (χ0v) is 16.0. The van der Waals surface area contributed by atoms with Crippen molar-refractivity contribution < 1.29 is 9.21 Å². The first-order valence-electron chi connectivity index (χ1n) is 9.14. The molecule has 0 spiro atoms. The predicted octanol–water partition coefficient (Wildman–Crippen LogP) is 6.55. The summed E-state index contributed by atoms with van der Waals surface area (Å²) in [5, 5.41) is 5.51. The van der Waals surface area contributed by atoms with E-state index in [1.54, 1.807) is 24.3 Å². The maximum Gasteiger partial charge on any atom is 0.255 e. The van der Waals surface area contributed by atoms with Gasteiger partial charge in [0.05, 0.1) is 0 Å². The fourth-order valence-corrected chi connectivity index (χ4v) is 3.61. The summed E-state index contributed by atoms with van der Waals surface area (Å²) in [6, 6.07) is 26.1. The Morgan fingerprint density at radius 1 is 0.862 bits per heavy atom. The zero-order valence-electron chi connectivity index (χ0n) is 15.2. The topological polar surface area (TPSA) is 55.1 Å². The lowest BCUT2D eigenvalue weighted by molar-refractivity contribution is 0.102. The standard InChI is InChI=1S/C24H15ClN2O2/c25-20-11-5-8-17-18(20)9-4-10-19(17)24-27-21-14-16(12-13-22(21)29-24)26-23(28)15-6-2-1-3-7-15/h1-14H,(H,26,28). The van der Waals surface area contributed by atoms with E-state index >= 15 is 0 Å². The summed E-state index contributed by atoms with van der Waals surface area (Å²) >= 11 is 6.32. The second-order valence-electron chi connectivity index (χ2n) is 6.66. The van der Waals surface area contributed by atoms with Crippen LogP contribution in [0.25, 0.3) is 33.3 Å². The SMILES string of the molecule is O=C(Nc1ccc2oc(-c3cccc4c(Cl)cccc34)nc2c1)c1ccccc1. The Balaban J connectivity index is 1.52. The number of benzene rings is 4. The molecule has 5 rings (SSSR count). The number of amides is 1. The van der Waals surface area contributed by atoms with Crippen molar-refractivity contribution in [3.05, 3.63) is 95.5 Å². The predicted molar refractivity (Wildman–Crippen MR) is 116 cm³/mol. The molecule has 0 saturated heterocycles. The van der Waals surface area contributed by atoms with Crippen molar-refractivity contribution in [1.29, 1.82) is 0 Å². The maximum atomic E-state index is 12.4. The number of rotatable bonds is 3. The van der Waals surface area contributed by atoms with Crippen molar-refractivity contribution in [3.63, 3.8) is 0 Å². The molecule has 1 N–H and O–H groups in total. The highest BCUT2D eigenvalue weighted by atomic mass is 35.5. The van der Waals surface area contributed by atoms with Gasteiger partial charge in [0.1, 0.15) is 5.52 Å². The second-order valence-corrected chi connectivity index (χ2v) is 7.07. The highest BCUT2D eigenvalue weighted by Gasteiger charge is 2.13. The van der Waals surface area contributed by atoms with Gasteiger partial charge in [0.15, 0.2) is 5.58 Å². The van der Waals surface area contributed by atoms with E-state index in [-0.39, 0.29) is 5.91 Å². The van der Waals surface area contributed by atoms with E-state index in [1.807, 2.05) is 60.7 Å². The van der Waals surface area contributed by atoms with Crippen LogP contribution in [-0.2, 0) is 0 Å². The number of nitrogens with one attached hydrogen (secondary N) is 1. The number of hydrogen-bond donors (Lipinski definition) is 1. The van der Waals surface area contributed by atoms with Gasteiger partial charge in [-0.2, -0.15) is 0 Å². The third-order valence-corrected chi connectivity index (χ3v) is 5.11. The van der Waals surface area contributed by atoms with Gasteiger partial charge >= 0.3 is 0 Å². The molecule has 0 radical (unpaired) electrons. The number of carbonyl (C=O) groups is 1. The lowest BCUT2D eigenvalue weighted by Crippen LogP contribution is -2.11. The van der Waals surface area contributed by atoms with E-state index in [2.05, 4.69) is 10.3 Å². The van der Waals surface area contributed by atoms with Crippen LogP contribution < -0.4 is 5.32 Å². The van der Waals surface area contributed by atoms with Crippen LogP contribution in [0.5, 0.6) is 0 Å². The van der Waals surface area contributed by atoms with Gasteiger partial charge in [-0.25, -0.2) is 4.98 Å². The molecule has 0 unspecified atom stereocenters. The number of hydrogen-bond acceptors (Lipinski definition) is 3. The Morgan fingerprint density at radius 3 is 2.52 bits per heavy atom. The first-order chi connectivity index (χ1) is 14.2. The summed E-state index contributed by atoms with van der Waals surface area (Å²) < 4.78 is 5.98. The quantitative estimate of drug-likeness (QED) is 0.374. The van der Waals surface area contributed by atoms with Crippen molar-refractivity contribution >= 4 is 45.1 Å². The second kappa shape index (κ2) is 7.08. The average molecular weight is 399 g/mol. The van der Waals surface area contributed by atoms with Crippen LogP contribution in [0.2, 0.25) is 5.02 Å². The number of oxazole rings is 1. The molecule has 1 heterocycles. The molecule has 0 aliphatic heterocycles. The summed E-state index contributed by atoms with van der Waals surface area (Å²) in [6.07, 6.45) is 0. The third-order valence-electron chi connectivity index (χ3n) is 4.78. The highest BCUT2D eigenvalue weighted by molar-refractivity contribution is 6.35. The normalized spacial score (nSPS) is 11.1. The van der Waals surface area contributed by atoms with Gasteiger partial charge in [0.25, 0.3) is 5.91 Å². The lowest BCUT2D eigenvalue weighted by Gasteiger charge is -2.04. The molecule has 4 nitrogen and oxygen atoms in total. The summed E-state index contributed by atoms with van der Waals surface area (Å²) in [4.78, 5) is 17.0. The smallest absolute Gasteiger partial charge is 0.255 e. The summed E-state index contributed by atoms with van der Waals surface area (Å²) in [6.45, 7) is 0. The monoisotopic (exact) mass is 398 g/mol. The van der Waals surface area contributed by atoms with E-state index < -0.39 is 0 Å². The molecule has 4 aromatic carbocycles. The van der Waals surface area contributed by atoms with Gasteiger partial charge in [-0.3, -0.25) is 4.79 Å². The van der Waals surface area contributed by atoms with Crippen LogP contribution in [0.15, 0.2) is 89.3 Å². The first-order valence-corrected chi connectivity index (χ1v) is 9.51. The molecule has 140 valence electrons. The number of fused-ring (bicyclic) bond motifs is 2. The van der Waals surface area contributed by atoms with Crippen molar-refractivity contribution in [3.8, 4) is 11.5 Å². The number of aromatic nitrogens is 1. The Kier molecular flexibility index (Phi) is 4.26. The molecule has 5 heteroatoms. The Morgan fingerprint density at radius 2 is 1.66 bits per heavy atom. The van der Waals surface area contributed by atoms with E-state index in [9.17, 15) is 4.79 Å². The van der Waals surface area contributed by atoms with Crippen molar-refractivity contribution in [1.82, 2.24) is 4.98 Å². The number of halogens is 1. The number of nitrogens with zero attached hydrogens (tertiary/aromatic N) is 1. The van der Waals surface area contributed by atoms with E-state index in [0.717, 1.165) is 16.3 Å². The molecular formula is C24H15ClN2O2. The minimum absolute atomic E-state index is 0.169. The minimum Gasteiger partial charge on any atom is -0.436 e. The van der Waals surface area contributed by atoms with Crippen LogP contribution in [0.1, 0.15) is 10.4 Å². The van der Waals surface area contributed by atoms with E-state index in [4.69, 9.17) is 16.0 Å². The Bertz CT molecular complexity index is 1360. The number of carbonyl (C=O) groups excluding carboxylic acids is 1. The van der Waals surface area contributed by atoms with Gasteiger partial charge in [-0.15, -0.1) is 0 Å². The van der Waals surface area contributed by atoms with Gasteiger partial charge in [-0.05, 0) is 47.9 Å². The molecule has 0 atom stereocenters. The Labute approximate surface area is 171 Å². The molecule has 1 aromatic heterocycles. The van der Waals surface area contributed by atoms with Gasteiger partial charge < -0.3 is 9.73 Å². The zero-order chi connectivity index (χ0) is 19.8. The van der Waals surface area contributed by atoms with Crippen LogP contribution in [0.3, 0.4) is 0 Å². The van der Waals surface area contributed by atoms with E-state index in [1.165, 1.54) is 0 Å². The molecule has 0 aliphatic rings. The molecule has 0 aliphatic carbocycles. The fourth-order valence-electron chi connectivity index (χ4n) is 3.37. The van der Waals surface area contributed by atoms with Crippen molar-refractivity contribution in [2.75, 3.05) is 5.32 Å². The van der Waals surface area contributed by atoms with Crippen LogP contribution in [0.4, 0.5) is 5.69 Å². The summed E-state index contributed by atoms with van der Waals surface area (Å²) in [5.41, 5.74) is 3.45. The van der Waals surface area contributed by atoms with Crippen LogP contribution >= 0.6 is 11.6 Å². The van der Waals surface area contributed by atoms with Crippen LogP contribution in [-0.4, -0.2) is 10.9 Å². The molecule has 0 fully saturated rings. The van der Waals surface area contributed by atoms with E-state index in [0.29, 0.717) is 33.3 Å². The minimum atomic E-state index is -0.169. The molecule has 29 heavy (non-hydrogen) atoms. The summed E-state index contributed by atoms with van der Waals surface area (Å²) in [5.74, 6) is 0.344. The highest BCUT2D eigenvalue weighted by Crippen LogP contribution is 2.33. The number of anilines is 1. The van der Waals surface area contributed by atoms with Gasteiger partial charge in [0, 0.05) is 27.2 Å².